The van der Waals surface area contributed by atoms with Crippen LogP contribution in [0.25, 0.3) is 0 Å². The predicted octanol–water partition coefficient (Wildman–Crippen LogP) is 0.386. The van der Waals surface area contributed by atoms with Crippen LogP contribution in [0.3, 0.4) is 0 Å². The third-order valence-electron chi connectivity index (χ3n) is 1.78. The Kier molecular flexibility index (Phi) is 2.27. The van der Waals surface area contributed by atoms with Gasteiger partial charge < -0.3 is 0 Å². The van der Waals surface area contributed by atoms with Crippen LogP contribution in [0.15, 0.2) is 0 Å². The van der Waals surface area contributed by atoms with Crippen molar-refractivity contribution < 1.29 is 9.59 Å². The standard InChI is InChI=1S/C8H11NO2/c1-5(2)6-3-7(10)9-8(11)4-6/h5-6H,3H2,1-2H3,(H,9,10,11). The molecule has 0 aliphatic carbocycles. The Hall–Kier alpha value is -0.860. The molecule has 0 aromatic rings. The van der Waals surface area contributed by atoms with Crippen molar-refractivity contribution in [3.8, 4) is 0 Å². The molecular formula is C8H11NO2. The Labute approximate surface area is 66.2 Å². The quantitative estimate of drug-likeness (QED) is 0.554. The lowest BCUT2D eigenvalue weighted by Crippen LogP contribution is -2.40. The fourth-order valence-corrected chi connectivity index (χ4v) is 1.04. The van der Waals surface area contributed by atoms with Crippen molar-refractivity contribution in [3.05, 3.63) is 6.42 Å². The molecule has 1 fully saturated rings. The average Bonchev–Trinajstić information content (AvgIpc) is 1.85. The van der Waals surface area contributed by atoms with E-state index in [0.717, 1.165) is 0 Å². The molecule has 1 atom stereocenters. The highest BCUT2D eigenvalue weighted by Gasteiger charge is 2.27. The third kappa shape index (κ3) is 2.03. The van der Waals surface area contributed by atoms with Gasteiger partial charge in [-0.2, -0.15) is 0 Å². The maximum atomic E-state index is 10.8. The van der Waals surface area contributed by atoms with Crippen LogP contribution in [0, 0.1) is 18.3 Å². The molecule has 1 N–H and O–H groups in total. The number of rotatable bonds is 1. The van der Waals surface area contributed by atoms with Crippen LogP contribution in [0.5, 0.6) is 0 Å². The Morgan fingerprint density at radius 2 is 2.18 bits per heavy atom. The molecule has 0 aromatic heterocycles. The molecule has 3 nitrogen and oxygen atoms in total. The SMILES string of the molecule is CC(C)C1[C]C(=O)NC(=O)C1. The van der Waals surface area contributed by atoms with Gasteiger partial charge in [0, 0.05) is 6.42 Å². The number of imide groups is 1. The molecule has 3 heteroatoms. The lowest BCUT2D eigenvalue weighted by Gasteiger charge is -2.22. The van der Waals surface area contributed by atoms with E-state index in [2.05, 4.69) is 11.7 Å². The van der Waals surface area contributed by atoms with E-state index >= 15 is 0 Å². The largest absolute Gasteiger partial charge is 0.296 e. The molecule has 60 valence electrons. The zero-order valence-corrected chi connectivity index (χ0v) is 6.68. The van der Waals surface area contributed by atoms with Crippen molar-refractivity contribution in [1.29, 1.82) is 0 Å². The van der Waals surface area contributed by atoms with Crippen LogP contribution in [0.2, 0.25) is 0 Å². The summed E-state index contributed by atoms with van der Waals surface area (Å²) in [6, 6.07) is 0. The van der Waals surface area contributed by atoms with E-state index in [1.807, 2.05) is 13.8 Å². The smallest absolute Gasteiger partial charge is 0.235 e. The molecule has 11 heavy (non-hydrogen) atoms. The topological polar surface area (TPSA) is 46.2 Å². The van der Waals surface area contributed by atoms with Gasteiger partial charge >= 0.3 is 0 Å². The van der Waals surface area contributed by atoms with Gasteiger partial charge in [-0.3, -0.25) is 14.9 Å². The number of hydrogen-bond acceptors (Lipinski definition) is 2. The summed E-state index contributed by atoms with van der Waals surface area (Å²) in [6.45, 7) is 3.95. The first-order valence-corrected chi connectivity index (χ1v) is 3.70. The van der Waals surface area contributed by atoms with Gasteiger partial charge in [0.05, 0.1) is 6.42 Å². The molecule has 1 saturated heterocycles. The summed E-state index contributed by atoms with van der Waals surface area (Å²) >= 11 is 0. The van der Waals surface area contributed by atoms with Crippen LogP contribution in [-0.2, 0) is 9.59 Å². The van der Waals surface area contributed by atoms with E-state index in [1.165, 1.54) is 0 Å². The fourth-order valence-electron chi connectivity index (χ4n) is 1.04. The number of nitrogens with one attached hydrogen (secondary N) is 1. The van der Waals surface area contributed by atoms with Crippen LogP contribution in [-0.4, -0.2) is 11.8 Å². The van der Waals surface area contributed by atoms with E-state index in [0.29, 0.717) is 12.3 Å². The summed E-state index contributed by atoms with van der Waals surface area (Å²) in [6.07, 6.45) is 3.07. The van der Waals surface area contributed by atoms with Gasteiger partial charge in [-0.25, -0.2) is 0 Å². The predicted molar refractivity (Wildman–Crippen MR) is 39.3 cm³/mol. The van der Waals surface area contributed by atoms with Crippen LogP contribution < -0.4 is 5.32 Å². The number of carbonyl (C=O) groups excluding carboxylic acids is 2. The molecule has 2 amide bonds. The number of hydrogen-bond donors (Lipinski definition) is 1. The van der Waals surface area contributed by atoms with Crippen molar-refractivity contribution >= 4 is 11.8 Å². The highest BCUT2D eigenvalue weighted by Crippen LogP contribution is 2.20. The van der Waals surface area contributed by atoms with Gasteiger partial charge in [0.25, 0.3) is 0 Å². The number of piperidine rings is 1. The van der Waals surface area contributed by atoms with Crippen LogP contribution in [0.4, 0.5) is 0 Å². The Morgan fingerprint density at radius 3 is 2.64 bits per heavy atom. The van der Waals surface area contributed by atoms with E-state index < -0.39 is 0 Å². The van der Waals surface area contributed by atoms with Gasteiger partial charge in [0.15, 0.2) is 0 Å². The van der Waals surface area contributed by atoms with E-state index in [4.69, 9.17) is 0 Å². The highest BCUT2D eigenvalue weighted by atomic mass is 16.2. The Balaban J connectivity index is 2.56. The average molecular weight is 153 g/mol. The minimum absolute atomic E-state index is 0.00347. The molecule has 0 spiro atoms. The summed E-state index contributed by atoms with van der Waals surface area (Å²) < 4.78 is 0. The van der Waals surface area contributed by atoms with Crippen molar-refractivity contribution in [2.75, 3.05) is 0 Å². The molecule has 1 unspecified atom stereocenters. The molecule has 0 aromatic carbocycles. The van der Waals surface area contributed by atoms with Gasteiger partial charge in [0.1, 0.15) is 0 Å². The Bertz CT molecular complexity index is 171. The van der Waals surface area contributed by atoms with E-state index in [9.17, 15) is 9.59 Å². The van der Waals surface area contributed by atoms with Crippen molar-refractivity contribution in [2.45, 2.75) is 20.3 Å². The molecular weight excluding hydrogens is 142 g/mol. The second kappa shape index (κ2) is 3.03. The number of amides is 2. The molecule has 1 rings (SSSR count). The summed E-state index contributed by atoms with van der Waals surface area (Å²) in [5.74, 6) is -0.256. The molecule has 2 radical (unpaired) electrons. The second-order valence-corrected chi connectivity index (χ2v) is 3.08. The van der Waals surface area contributed by atoms with Crippen molar-refractivity contribution in [2.24, 2.45) is 11.8 Å². The molecule has 1 aliphatic rings. The van der Waals surface area contributed by atoms with Crippen molar-refractivity contribution in [1.82, 2.24) is 5.32 Å². The molecule has 0 bridgehead atoms. The highest BCUT2D eigenvalue weighted by molar-refractivity contribution is 6.02. The van der Waals surface area contributed by atoms with Gasteiger partial charge in [-0.1, -0.05) is 13.8 Å². The van der Waals surface area contributed by atoms with Crippen molar-refractivity contribution in [3.63, 3.8) is 0 Å². The first-order chi connectivity index (χ1) is 5.09. The maximum Gasteiger partial charge on any atom is 0.235 e. The zero-order valence-electron chi connectivity index (χ0n) is 6.68. The minimum Gasteiger partial charge on any atom is -0.296 e. The van der Waals surface area contributed by atoms with Gasteiger partial charge in [0.2, 0.25) is 11.8 Å². The lowest BCUT2D eigenvalue weighted by molar-refractivity contribution is -0.132. The summed E-state index contributed by atoms with van der Waals surface area (Å²) in [5, 5.41) is 2.18. The normalized spacial score (nSPS) is 20.6. The molecule has 1 aliphatic heterocycles. The van der Waals surface area contributed by atoms with E-state index in [-0.39, 0.29) is 17.7 Å². The van der Waals surface area contributed by atoms with E-state index in [1.54, 1.807) is 0 Å². The summed E-state index contributed by atoms with van der Waals surface area (Å²) in [4.78, 5) is 21.6. The fraction of sp³-hybridized carbons (Fsp3) is 0.625. The van der Waals surface area contributed by atoms with Gasteiger partial charge in [-0.15, -0.1) is 0 Å². The zero-order chi connectivity index (χ0) is 8.43. The van der Waals surface area contributed by atoms with Crippen LogP contribution in [0.1, 0.15) is 20.3 Å². The first-order valence-electron chi connectivity index (χ1n) is 3.70. The molecule has 0 saturated carbocycles. The third-order valence-corrected chi connectivity index (χ3v) is 1.78. The Morgan fingerprint density at radius 1 is 1.55 bits per heavy atom. The number of carbonyl (C=O) groups is 2. The molecule has 1 heterocycles. The van der Waals surface area contributed by atoms with Crippen LogP contribution >= 0.6 is 0 Å². The first kappa shape index (κ1) is 8.24. The summed E-state index contributed by atoms with van der Waals surface area (Å²) in [7, 11) is 0. The monoisotopic (exact) mass is 153 g/mol. The summed E-state index contributed by atoms with van der Waals surface area (Å²) in [5.41, 5.74) is 0. The second-order valence-electron chi connectivity index (χ2n) is 3.08. The maximum absolute atomic E-state index is 10.8. The van der Waals surface area contributed by atoms with Gasteiger partial charge in [-0.05, 0) is 11.8 Å². The lowest BCUT2D eigenvalue weighted by atomic mass is 9.87. The minimum atomic E-state index is -0.375.